The van der Waals surface area contributed by atoms with Gasteiger partial charge in [-0.1, -0.05) is 17.7 Å². The molecule has 0 fully saturated rings. The van der Waals surface area contributed by atoms with Gasteiger partial charge in [0, 0.05) is 41.4 Å². The molecule has 0 spiro atoms. The van der Waals surface area contributed by atoms with Crippen molar-refractivity contribution >= 4 is 6.21 Å². The van der Waals surface area contributed by atoms with Crippen LogP contribution in [0.25, 0.3) is 0 Å². The summed E-state index contributed by atoms with van der Waals surface area (Å²) in [5.74, 6) is 0.718. The SMILES string of the molecule is C/C=C1\C2C=C(C)CC1(N=Cc1cc(C)cc(OC)c1O)c1ccc(=O)[nH]c1C2. The molecule has 2 aliphatic carbocycles. The summed E-state index contributed by atoms with van der Waals surface area (Å²) in [7, 11) is 1.54. The van der Waals surface area contributed by atoms with Gasteiger partial charge >= 0.3 is 0 Å². The first-order chi connectivity index (χ1) is 13.9. The van der Waals surface area contributed by atoms with E-state index >= 15 is 0 Å². The molecule has 2 aliphatic rings. The number of nitrogens with zero attached hydrogens (tertiary/aromatic N) is 1. The van der Waals surface area contributed by atoms with E-state index in [1.54, 1.807) is 25.5 Å². The molecule has 29 heavy (non-hydrogen) atoms. The highest BCUT2D eigenvalue weighted by Gasteiger charge is 2.46. The van der Waals surface area contributed by atoms with Crippen molar-refractivity contribution in [2.45, 2.75) is 39.2 Å². The number of hydrogen-bond acceptors (Lipinski definition) is 4. The van der Waals surface area contributed by atoms with Crippen LogP contribution >= 0.6 is 0 Å². The van der Waals surface area contributed by atoms with Gasteiger partial charge in [0.2, 0.25) is 5.56 Å². The lowest BCUT2D eigenvalue weighted by Crippen LogP contribution is -2.40. The predicted molar refractivity (Wildman–Crippen MR) is 115 cm³/mol. The number of benzene rings is 1. The zero-order chi connectivity index (χ0) is 20.8. The first kappa shape index (κ1) is 19.2. The lowest BCUT2D eigenvalue weighted by atomic mass is 9.63. The number of phenols is 1. The minimum atomic E-state index is -0.584. The second kappa shape index (κ2) is 7.07. The molecular weight excluding hydrogens is 364 g/mol. The van der Waals surface area contributed by atoms with E-state index in [0.29, 0.717) is 11.3 Å². The fourth-order valence-corrected chi connectivity index (χ4v) is 4.86. The second-order valence-electron chi connectivity index (χ2n) is 7.98. The topological polar surface area (TPSA) is 74.7 Å². The molecule has 0 saturated heterocycles. The summed E-state index contributed by atoms with van der Waals surface area (Å²) < 4.78 is 5.29. The summed E-state index contributed by atoms with van der Waals surface area (Å²) in [5, 5.41) is 10.6. The van der Waals surface area contributed by atoms with E-state index in [0.717, 1.165) is 29.7 Å². The van der Waals surface area contributed by atoms with Gasteiger partial charge in [-0.05, 0) is 56.5 Å². The molecule has 5 nitrogen and oxygen atoms in total. The summed E-state index contributed by atoms with van der Waals surface area (Å²) in [4.78, 5) is 20.0. The van der Waals surface area contributed by atoms with Crippen molar-refractivity contribution < 1.29 is 9.84 Å². The van der Waals surface area contributed by atoms with Crippen molar-refractivity contribution in [2.75, 3.05) is 7.11 Å². The fourth-order valence-electron chi connectivity index (χ4n) is 4.86. The lowest BCUT2D eigenvalue weighted by molar-refractivity contribution is 0.372. The number of ether oxygens (including phenoxy) is 1. The molecule has 0 aliphatic heterocycles. The van der Waals surface area contributed by atoms with Crippen LogP contribution in [0.3, 0.4) is 0 Å². The fraction of sp³-hybridized carbons (Fsp3) is 0.333. The zero-order valence-electron chi connectivity index (χ0n) is 17.2. The third kappa shape index (κ3) is 3.11. The van der Waals surface area contributed by atoms with Crippen LogP contribution in [0.4, 0.5) is 0 Å². The molecule has 2 aromatic rings. The number of allylic oxidation sites excluding steroid dienone is 2. The average Bonchev–Trinajstić information content (AvgIpc) is 2.67. The Kier molecular flexibility index (Phi) is 4.69. The van der Waals surface area contributed by atoms with Crippen molar-refractivity contribution in [3.05, 3.63) is 80.3 Å². The molecule has 2 unspecified atom stereocenters. The Labute approximate surface area is 170 Å². The molecule has 0 amide bonds. The number of aliphatic imine (C=N–C) groups is 1. The average molecular weight is 390 g/mol. The van der Waals surface area contributed by atoms with E-state index in [-0.39, 0.29) is 17.2 Å². The Morgan fingerprint density at radius 2 is 2.10 bits per heavy atom. The highest BCUT2D eigenvalue weighted by Crippen LogP contribution is 2.52. The first-order valence-corrected chi connectivity index (χ1v) is 9.87. The molecule has 1 aromatic heterocycles. The Hall–Kier alpha value is -3.08. The van der Waals surface area contributed by atoms with Crippen LogP contribution in [0.15, 0.2) is 57.4 Å². The number of aromatic amines is 1. The Morgan fingerprint density at radius 3 is 2.83 bits per heavy atom. The van der Waals surface area contributed by atoms with Crippen LogP contribution in [0, 0.1) is 12.8 Å². The maximum absolute atomic E-state index is 11.9. The smallest absolute Gasteiger partial charge is 0.248 e. The summed E-state index contributed by atoms with van der Waals surface area (Å²) in [6, 6.07) is 7.17. The maximum atomic E-state index is 11.9. The first-order valence-electron chi connectivity index (χ1n) is 9.87. The molecule has 2 N–H and O–H groups in total. The molecule has 150 valence electrons. The number of phenolic OH excluding ortho intramolecular Hbond substituents is 1. The number of hydrogen-bond donors (Lipinski definition) is 2. The monoisotopic (exact) mass is 390 g/mol. The summed E-state index contributed by atoms with van der Waals surface area (Å²) >= 11 is 0. The number of H-pyrrole nitrogens is 1. The quantitative estimate of drug-likeness (QED) is 0.610. The summed E-state index contributed by atoms with van der Waals surface area (Å²) in [5.41, 5.74) is 5.41. The van der Waals surface area contributed by atoms with Crippen LogP contribution in [-0.2, 0) is 12.0 Å². The summed E-state index contributed by atoms with van der Waals surface area (Å²) in [6.07, 6.45) is 7.68. The normalized spacial score (nSPS) is 24.5. The van der Waals surface area contributed by atoms with E-state index in [2.05, 4.69) is 24.1 Å². The molecule has 0 radical (unpaired) electrons. The van der Waals surface area contributed by atoms with Crippen molar-refractivity contribution in [3.63, 3.8) is 0 Å². The Bertz CT molecular complexity index is 1120. The highest BCUT2D eigenvalue weighted by molar-refractivity contribution is 5.86. The van der Waals surface area contributed by atoms with E-state index < -0.39 is 5.54 Å². The zero-order valence-corrected chi connectivity index (χ0v) is 17.2. The van der Waals surface area contributed by atoms with Crippen LogP contribution in [0.2, 0.25) is 0 Å². The van der Waals surface area contributed by atoms with Crippen LogP contribution in [0.5, 0.6) is 11.5 Å². The number of fused-ring (bicyclic) bond motifs is 4. The molecule has 4 rings (SSSR count). The number of nitrogens with one attached hydrogen (secondary N) is 1. The molecule has 0 saturated carbocycles. The van der Waals surface area contributed by atoms with Gasteiger partial charge in [-0.25, -0.2) is 0 Å². The van der Waals surface area contributed by atoms with E-state index in [9.17, 15) is 9.90 Å². The van der Waals surface area contributed by atoms with Crippen LogP contribution in [0.1, 0.15) is 42.7 Å². The number of aromatic hydroxyl groups is 1. The van der Waals surface area contributed by atoms with E-state index in [1.807, 2.05) is 26.0 Å². The molecular formula is C24H26N2O3. The van der Waals surface area contributed by atoms with Crippen molar-refractivity contribution in [2.24, 2.45) is 10.9 Å². The van der Waals surface area contributed by atoms with Gasteiger partial charge in [0.25, 0.3) is 0 Å². The van der Waals surface area contributed by atoms with Crippen molar-refractivity contribution in [1.82, 2.24) is 4.98 Å². The van der Waals surface area contributed by atoms with Gasteiger partial charge in [0.15, 0.2) is 11.5 Å². The van der Waals surface area contributed by atoms with Gasteiger partial charge in [0.1, 0.15) is 5.54 Å². The van der Waals surface area contributed by atoms with Crippen LogP contribution < -0.4 is 10.3 Å². The molecule has 2 bridgehead atoms. The highest BCUT2D eigenvalue weighted by atomic mass is 16.5. The minimum absolute atomic E-state index is 0.0809. The van der Waals surface area contributed by atoms with Gasteiger partial charge in [-0.2, -0.15) is 0 Å². The number of methoxy groups -OCH3 is 1. The lowest BCUT2D eigenvalue weighted by Gasteiger charge is -2.45. The second-order valence-corrected chi connectivity index (χ2v) is 7.98. The van der Waals surface area contributed by atoms with Crippen molar-refractivity contribution in [3.8, 4) is 11.5 Å². The molecule has 5 heteroatoms. The van der Waals surface area contributed by atoms with Crippen LogP contribution in [-0.4, -0.2) is 23.4 Å². The minimum Gasteiger partial charge on any atom is -0.504 e. The predicted octanol–water partition coefficient (Wildman–Crippen LogP) is 4.18. The van der Waals surface area contributed by atoms with E-state index in [4.69, 9.17) is 9.73 Å². The largest absolute Gasteiger partial charge is 0.504 e. The molecule has 1 aromatic carbocycles. The van der Waals surface area contributed by atoms with Gasteiger partial charge in [-0.15, -0.1) is 0 Å². The Balaban J connectivity index is 1.92. The standard InChI is InChI=1S/C24H26N2O3/c1-5-18-16-9-15(3)12-24(18,19-6-7-22(27)26-20(19)11-16)25-13-17-8-14(2)10-21(29-4)23(17)28/h5-10,13,16,28H,11-12H2,1-4H3,(H,26,27)/b18-5+,25-13?. The third-order valence-corrected chi connectivity index (χ3v) is 5.97. The number of rotatable bonds is 3. The maximum Gasteiger partial charge on any atom is 0.248 e. The van der Waals surface area contributed by atoms with Gasteiger partial charge in [0.05, 0.1) is 7.11 Å². The molecule has 2 atom stereocenters. The molecule has 1 heterocycles. The number of aromatic nitrogens is 1. The van der Waals surface area contributed by atoms with Gasteiger partial charge in [-0.3, -0.25) is 9.79 Å². The third-order valence-electron chi connectivity index (χ3n) is 5.97. The summed E-state index contributed by atoms with van der Waals surface area (Å²) in [6.45, 7) is 6.14. The number of aryl methyl sites for hydroxylation is 1. The van der Waals surface area contributed by atoms with Gasteiger partial charge < -0.3 is 14.8 Å². The number of pyridine rings is 1. The Morgan fingerprint density at radius 1 is 1.31 bits per heavy atom. The van der Waals surface area contributed by atoms with E-state index in [1.165, 1.54) is 11.1 Å². The van der Waals surface area contributed by atoms with Crippen molar-refractivity contribution in [1.29, 1.82) is 0 Å².